The minimum Gasteiger partial charge on any atom is -0.355 e. The summed E-state index contributed by atoms with van der Waals surface area (Å²) in [5, 5.41) is 12.8. The Bertz CT molecular complexity index is 607. The SMILES string of the molecule is CCCNC(=O)Cn1ccc2ccc(C#N)cc21. The van der Waals surface area contributed by atoms with Crippen LogP contribution in [0.25, 0.3) is 10.9 Å². The highest BCUT2D eigenvalue weighted by Gasteiger charge is 2.06. The predicted octanol–water partition coefficient (Wildman–Crippen LogP) is 2.04. The molecular weight excluding hydrogens is 226 g/mol. The molecule has 92 valence electrons. The zero-order chi connectivity index (χ0) is 13.0. The molecule has 0 saturated carbocycles. The highest BCUT2D eigenvalue weighted by Crippen LogP contribution is 2.17. The van der Waals surface area contributed by atoms with E-state index in [1.165, 1.54) is 0 Å². The molecule has 0 fully saturated rings. The molecule has 0 aliphatic heterocycles. The van der Waals surface area contributed by atoms with E-state index >= 15 is 0 Å². The summed E-state index contributed by atoms with van der Waals surface area (Å²) in [6.07, 6.45) is 2.80. The first-order chi connectivity index (χ1) is 8.74. The van der Waals surface area contributed by atoms with Crippen molar-refractivity contribution in [2.75, 3.05) is 6.54 Å². The van der Waals surface area contributed by atoms with Crippen molar-refractivity contribution < 1.29 is 4.79 Å². The second-order valence-electron chi connectivity index (χ2n) is 4.18. The van der Waals surface area contributed by atoms with Gasteiger partial charge < -0.3 is 9.88 Å². The van der Waals surface area contributed by atoms with E-state index in [1.807, 2.05) is 35.9 Å². The van der Waals surface area contributed by atoms with E-state index in [1.54, 1.807) is 6.07 Å². The number of amides is 1. The van der Waals surface area contributed by atoms with Crippen molar-refractivity contribution in [3.05, 3.63) is 36.0 Å². The van der Waals surface area contributed by atoms with E-state index in [9.17, 15) is 4.79 Å². The van der Waals surface area contributed by atoms with E-state index < -0.39 is 0 Å². The Morgan fingerprint density at radius 1 is 1.44 bits per heavy atom. The maximum absolute atomic E-state index is 11.7. The maximum atomic E-state index is 11.7. The number of nitrogens with one attached hydrogen (secondary N) is 1. The van der Waals surface area contributed by atoms with Gasteiger partial charge in [-0.2, -0.15) is 5.26 Å². The summed E-state index contributed by atoms with van der Waals surface area (Å²) in [6.45, 7) is 3.00. The quantitative estimate of drug-likeness (QED) is 0.890. The molecule has 0 spiro atoms. The lowest BCUT2D eigenvalue weighted by atomic mass is 10.2. The molecule has 2 aromatic rings. The number of benzene rings is 1. The lowest BCUT2D eigenvalue weighted by molar-refractivity contribution is -0.121. The van der Waals surface area contributed by atoms with Crippen LogP contribution in [-0.4, -0.2) is 17.0 Å². The van der Waals surface area contributed by atoms with E-state index in [0.717, 1.165) is 17.3 Å². The first-order valence-electron chi connectivity index (χ1n) is 6.00. The summed E-state index contributed by atoms with van der Waals surface area (Å²) in [6, 6.07) is 9.54. The Morgan fingerprint density at radius 3 is 3.00 bits per heavy atom. The number of carbonyl (C=O) groups excluding carboxylic acids is 1. The summed E-state index contributed by atoms with van der Waals surface area (Å²) in [5.41, 5.74) is 1.53. The molecule has 0 radical (unpaired) electrons. The lowest BCUT2D eigenvalue weighted by Crippen LogP contribution is -2.27. The highest BCUT2D eigenvalue weighted by molar-refractivity contribution is 5.84. The summed E-state index contributed by atoms with van der Waals surface area (Å²) in [5.74, 6) is -0.00305. The number of rotatable bonds is 4. The normalized spacial score (nSPS) is 10.2. The summed E-state index contributed by atoms with van der Waals surface area (Å²) < 4.78 is 1.86. The molecule has 1 aromatic heterocycles. The second-order valence-corrected chi connectivity index (χ2v) is 4.18. The van der Waals surface area contributed by atoms with Gasteiger partial charge >= 0.3 is 0 Å². The van der Waals surface area contributed by atoms with Crippen molar-refractivity contribution >= 4 is 16.8 Å². The Hall–Kier alpha value is -2.28. The maximum Gasteiger partial charge on any atom is 0.239 e. The molecule has 0 unspecified atom stereocenters. The Labute approximate surface area is 106 Å². The second kappa shape index (κ2) is 5.37. The van der Waals surface area contributed by atoms with Gasteiger partial charge in [-0.3, -0.25) is 4.79 Å². The molecule has 1 N–H and O–H groups in total. The number of nitriles is 1. The van der Waals surface area contributed by atoms with E-state index in [0.29, 0.717) is 18.7 Å². The number of aromatic nitrogens is 1. The van der Waals surface area contributed by atoms with Crippen LogP contribution >= 0.6 is 0 Å². The van der Waals surface area contributed by atoms with Crippen LogP contribution in [0.4, 0.5) is 0 Å². The fourth-order valence-electron chi connectivity index (χ4n) is 1.87. The third-order valence-electron chi connectivity index (χ3n) is 2.79. The van der Waals surface area contributed by atoms with Crippen molar-refractivity contribution in [2.24, 2.45) is 0 Å². The van der Waals surface area contributed by atoms with Crippen molar-refractivity contribution in [2.45, 2.75) is 19.9 Å². The molecule has 0 bridgehead atoms. The number of fused-ring (bicyclic) bond motifs is 1. The zero-order valence-corrected chi connectivity index (χ0v) is 10.3. The van der Waals surface area contributed by atoms with Crippen molar-refractivity contribution in [3.8, 4) is 6.07 Å². The van der Waals surface area contributed by atoms with Gasteiger partial charge in [0.2, 0.25) is 5.91 Å². The van der Waals surface area contributed by atoms with E-state index in [-0.39, 0.29) is 5.91 Å². The molecular formula is C14H15N3O. The van der Waals surface area contributed by atoms with Gasteiger partial charge in [0.15, 0.2) is 0 Å². The van der Waals surface area contributed by atoms with Crippen molar-refractivity contribution in [1.29, 1.82) is 5.26 Å². The molecule has 0 atom stereocenters. The summed E-state index contributed by atoms with van der Waals surface area (Å²) >= 11 is 0. The van der Waals surface area contributed by atoms with Gasteiger partial charge in [-0.1, -0.05) is 13.0 Å². The fourth-order valence-corrected chi connectivity index (χ4v) is 1.87. The largest absolute Gasteiger partial charge is 0.355 e. The first-order valence-corrected chi connectivity index (χ1v) is 6.00. The molecule has 0 saturated heterocycles. The van der Waals surface area contributed by atoms with Crippen LogP contribution in [-0.2, 0) is 11.3 Å². The molecule has 4 nitrogen and oxygen atoms in total. The van der Waals surface area contributed by atoms with Crippen LogP contribution in [0.2, 0.25) is 0 Å². The smallest absolute Gasteiger partial charge is 0.239 e. The van der Waals surface area contributed by atoms with Crippen LogP contribution < -0.4 is 5.32 Å². The van der Waals surface area contributed by atoms with Gasteiger partial charge in [0.05, 0.1) is 11.6 Å². The number of carbonyl (C=O) groups is 1. The molecule has 4 heteroatoms. The molecule has 0 aliphatic rings. The highest BCUT2D eigenvalue weighted by atomic mass is 16.1. The number of hydrogen-bond acceptors (Lipinski definition) is 2. The summed E-state index contributed by atoms with van der Waals surface area (Å²) in [7, 11) is 0. The van der Waals surface area contributed by atoms with Crippen LogP contribution in [0.1, 0.15) is 18.9 Å². The van der Waals surface area contributed by atoms with Gasteiger partial charge in [0, 0.05) is 18.3 Å². The molecule has 1 amide bonds. The minimum atomic E-state index is -0.00305. The van der Waals surface area contributed by atoms with Gasteiger partial charge in [0.25, 0.3) is 0 Å². The monoisotopic (exact) mass is 241 g/mol. The Kier molecular flexibility index (Phi) is 3.63. The molecule has 0 aliphatic carbocycles. The van der Waals surface area contributed by atoms with Crippen molar-refractivity contribution in [1.82, 2.24) is 9.88 Å². The average Bonchev–Trinajstić information content (AvgIpc) is 2.78. The van der Waals surface area contributed by atoms with Crippen LogP contribution in [0.5, 0.6) is 0 Å². The topological polar surface area (TPSA) is 57.8 Å². The Morgan fingerprint density at radius 2 is 2.28 bits per heavy atom. The molecule has 1 aromatic carbocycles. The van der Waals surface area contributed by atoms with E-state index in [2.05, 4.69) is 11.4 Å². The number of hydrogen-bond donors (Lipinski definition) is 1. The third-order valence-corrected chi connectivity index (χ3v) is 2.79. The van der Waals surface area contributed by atoms with Crippen LogP contribution in [0.3, 0.4) is 0 Å². The van der Waals surface area contributed by atoms with Gasteiger partial charge in [-0.05, 0) is 30.0 Å². The van der Waals surface area contributed by atoms with Gasteiger partial charge in [0.1, 0.15) is 6.54 Å². The Balaban J connectivity index is 2.23. The predicted molar refractivity (Wildman–Crippen MR) is 70.0 cm³/mol. The molecule has 18 heavy (non-hydrogen) atoms. The average molecular weight is 241 g/mol. The van der Waals surface area contributed by atoms with Gasteiger partial charge in [-0.15, -0.1) is 0 Å². The van der Waals surface area contributed by atoms with Gasteiger partial charge in [-0.25, -0.2) is 0 Å². The minimum absolute atomic E-state index is 0.00305. The molecule has 1 heterocycles. The summed E-state index contributed by atoms with van der Waals surface area (Å²) in [4.78, 5) is 11.7. The van der Waals surface area contributed by atoms with Crippen LogP contribution in [0, 0.1) is 11.3 Å². The van der Waals surface area contributed by atoms with Crippen molar-refractivity contribution in [3.63, 3.8) is 0 Å². The zero-order valence-electron chi connectivity index (χ0n) is 10.3. The third kappa shape index (κ3) is 2.51. The molecule has 2 rings (SSSR count). The lowest BCUT2D eigenvalue weighted by Gasteiger charge is -2.06. The first kappa shape index (κ1) is 12.2. The van der Waals surface area contributed by atoms with E-state index in [4.69, 9.17) is 5.26 Å². The standard InChI is InChI=1S/C14H15N3O/c1-2-6-16-14(18)10-17-7-5-12-4-3-11(9-15)8-13(12)17/h3-5,7-8H,2,6,10H2,1H3,(H,16,18). The van der Waals surface area contributed by atoms with Crippen LogP contribution in [0.15, 0.2) is 30.5 Å². The fraction of sp³-hybridized carbons (Fsp3) is 0.286. The number of nitrogens with zero attached hydrogens (tertiary/aromatic N) is 2.